The van der Waals surface area contributed by atoms with Gasteiger partial charge in [-0.05, 0) is 37.8 Å². The predicted molar refractivity (Wildman–Crippen MR) is 84.6 cm³/mol. The Morgan fingerprint density at radius 3 is 2.70 bits per heavy atom. The van der Waals surface area contributed by atoms with Gasteiger partial charge in [-0.15, -0.1) is 23.7 Å². The molecule has 2 atom stereocenters. The van der Waals surface area contributed by atoms with Crippen molar-refractivity contribution in [2.45, 2.75) is 42.5 Å². The van der Waals surface area contributed by atoms with Crippen molar-refractivity contribution in [2.75, 3.05) is 13.1 Å². The lowest BCUT2D eigenvalue weighted by Crippen LogP contribution is -2.38. The number of aryl methyl sites for hydroxylation is 1. The Hall–Kier alpha value is 0.150. The van der Waals surface area contributed by atoms with Crippen LogP contribution in [-0.2, 0) is 10.0 Å². The normalized spacial score (nSPS) is 27.1. The molecule has 3 rings (SSSR count). The number of nitrogens with one attached hydrogen (secondary N) is 1. The molecule has 0 amide bonds. The van der Waals surface area contributed by atoms with Crippen LogP contribution in [0.25, 0.3) is 0 Å². The molecule has 2 unspecified atom stereocenters. The molecule has 1 aromatic rings. The van der Waals surface area contributed by atoms with Crippen LogP contribution in [0.15, 0.2) is 10.3 Å². The zero-order valence-corrected chi connectivity index (χ0v) is 14.3. The van der Waals surface area contributed by atoms with E-state index in [-0.39, 0.29) is 12.4 Å². The number of rotatable bonds is 2. The highest BCUT2D eigenvalue weighted by atomic mass is 35.5. The third-order valence-electron chi connectivity index (χ3n) is 3.91. The molecule has 1 N–H and O–H groups in total. The van der Waals surface area contributed by atoms with Crippen LogP contribution in [-0.4, -0.2) is 37.9 Å². The molecule has 1 aromatic heterocycles. The van der Waals surface area contributed by atoms with Crippen molar-refractivity contribution < 1.29 is 8.42 Å². The zero-order valence-electron chi connectivity index (χ0n) is 11.1. The largest absolute Gasteiger partial charge is 0.310 e. The number of hydrogen-bond donors (Lipinski definition) is 1. The van der Waals surface area contributed by atoms with Crippen LogP contribution in [0.3, 0.4) is 0 Å². The van der Waals surface area contributed by atoms with Gasteiger partial charge in [0.2, 0.25) is 0 Å². The molecule has 0 aromatic carbocycles. The maximum Gasteiger partial charge on any atom is 0.252 e. The van der Waals surface area contributed by atoms with Gasteiger partial charge < -0.3 is 5.32 Å². The van der Waals surface area contributed by atoms with Gasteiger partial charge in [-0.2, -0.15) is 4.31 Å². The molecule has 2 aliphatic rings. The van der Waals surface area contributed by atoms with Crippen LogP contribution in [0.4, 0.5) is 0 Å². The second kappa shape index (κ2) is 6.10. The highest BCUT2D eigenvalue weighted by molar-refractivity contribution is 7.91. The van der Waals surface area contributed by atoms with E-state index in [2.05, 4.69) is 5.32 Å². The van der Waals surface area contributed by atoms with Gasteiger partial charge in [0.25, 0.3) is 10.0 Å². The van der Waals surface area contributed by atoms with Crippen LogP contribution in [0, 0.1) is 6.92 Å². The Bertz CT molecular complexity index is 569. The number of sulfonamides is 1. The second-order valence-electron chi connectivity index (χ2n) is 5.31. The lowest BCUT2D eigenvalue weighted by Gasteiger charge is -2.22. The molecule has 114 valence electrons. The van der Waals surface area contributed by atoms with E-state index < -0.39 is 10.0 Å². The predicted octanol–water partition coefficient (Wildman–Crippen LogP) is 2.65. The molecule has 2 saturated heterocycles. The molecule has 3 heterocycles. The zero-order chi connectivity index (χ0) is 13.6. The van der Waals surface area contributed by atoms with Crippen LogP contribution >= 0.6 is 35.3 Å². The van der Waals surface area contributed by atoms with Crippen LogP contribution in [0.5, 0.6) is 0 Å². The van der Waals surface area contributed by atoms with Crippen LogP contribution in [0.2, 0.25) is 4.34 Å². The number of halogens is 2. The van der Waals surface area contributed by atoms with E-state index in [0.29, 0.717) is 33.7 Å². The van der Waals surface area contributed by atoms with Crippen LogP contribution < -0.4 is 5.32 Å². The Kier molecular flexibility index (Phi) is 5.04. The third kappa shape index (κ3) is 3.00. The highest BCUT2D eigenvalue weighted by Gasteiger charge is 2.35. The molecule has 2 aliphatic heterocycles. The minimum atomic E-state index is -3.38. The number of nitrogens with zero attached hydrogens (tertiary/aromatic N) is 1. The van der Waals surface area contributed by atoms with E-state index in [9.17, 15) is 8.42 Å². The quantitative estimate of drug-likeness (QED) is 0.885. The van der Waals surface area contributed by atoms with Crippen molar-refractivity contribution in [2.24, 2.45) is 0 Å². The van der Waals surface area contributed by atoms with Crippen LogP contribution in [0.1, 0.15) is 24.8 Å². The standard InChI is InChI=1S/C12H17ClN2O2S2.ClH/c1-8-6-11(18-12(8)13)19(16,17)15-5-4-9-2-3-10(7-15)14-9;/h6,9-10,14H,2-5,7H2,1H3;1H. The number of hydrogen-bond acceptors (Lipinski definition) is 4. The SMILES string of the molecule is Cc1cc(S(=O)(=O)N2CCC3CCC(C2)N3)sc1Cl.Cl. The summed E-state index contributed by atoms with van der Waals surface area (Å²) >= 11 is 7.15. The van der Waals surface area contributed by atoms with Gasteiger partial charge in [0.15, 0.2) is 0 Å². The molecule has 0 saturated carbocycles. The van der Waals surface area contributed by atoms with Gasteiger partial charge in [-0.3, -0.25) is 0 Å². The van der Waals surface area contributed by atoms with Gasteiger partial charge in [0, 0.05) is 25.2 Å². The smallest absolute Gasteiger partial charge is 0.252 e. The van der Waals surface area contributed by atoms with Crippen molar-refractivity contribution >= 4 is 45.4 Å². The van der Waals surface area contributed by atoms with Crippen molar-refractivity contribution in [3.05, 3.63) is 16.0 Å². The third-order valence-corrected chi connectivity index (χ3v) is 7.78. The van der Waals surface area contributed by atoms with Gasteiger partial charge in [-0.25, -0.2) is 8.42 Å². The minimum absolute atomic E-state index is 0. The molecule has 0 spiro atoms. The monoisotopic (exact) mass is 356 g/mol. The summed E-state index contributed by atoms with van der Waals surface area (Å²) < 4.78 is 27.8. The maximum absolute atomic E-state index is 12.6. The maximum atomic E-state index is 12.6. The molecular weight excluding hydrogens is 339 g/mol. The van der Waals surface area contributed by atoms with E-state index >= 15 is 0 Å². The van der Waals surface area contributed by atoms with E-state index in [0.717, 1.165) is 29.7 Å². The lowest BCUT2D eigenvalue weighted by atomic mass is 10.1. The molecule has 20 heavy (non-hydrogen) atoms. The van der Waals surface area contributed by atoms with Gasteiger partial charge in [0.1, 0.15) is 4.21 Å². The summed E-state index contributed by atoms with van der Waals surface area (Å²) in [7, 11) is -3.38. The van der Waals surface area contributed by atoms with Crippen molar-refractivity contribution in [1.82, 2.24) is 9.62 Å². The summed E-state index contributed by atoms with van der Waals surface area (Å²) in [6, 6.07) is 2.47. The molecular formula is C12H18Cl2N2O2S2. The summed E-state index contributed by atoms with van der Waals surface area (Å²) in [6.07, 6.45) is 3.14. The Morgan fingerprint density at radius 1 is 1.35 bits per heavy atom. The summed E-state index contributed by atoms with van der Waals surface area (Å²) in [5, 5.41) is 3.49. The van der Waals surface area contributed by atoms with Gasteiger partial charge >= 0.3 is 0 Å². The van der Waals surface area contributed by atoms with Crippen molar-refractivity contribution in [3.63, 3.8) is 0 Å². The van der Waals surface area contributed by atoms with Gasteiger partial charge in [0.05, 0.1) is 4.34 Å². The van der Waals surface area contributed by atoms with E-state index in [1.165, 1.54) is 6.42 Å². The van der Waals surface area contributed by atoms with Gasteiger partial charge in [-0.1, -0.05) is 11.6 Å². The minimum Gasteiger partial charge on any atom is -0.310 e. The fourth-order valence-corrected chi connectivity index (χ4v) is 6.18. The molecule has 0 aliphatic carbocycles. The Morgan fingerprint density at radius 2 is 2.05 bits per heavy atom. The first-order valence-electron chi connectivity index (χ1n) is 6.49. The highest BCUT2D eigenvalue weighted by Crippen LogP contribution is 2.33. The number of fused-ring (bicyclic) bond motifs is 2. The average molecular weight is 357 g/mol. The first-order valence-corrected chi connectivity index (χ1v) is 9.12. The Balaban J connectivity index is 0.00000147. The second-order valence-corrected chi connectivity index (χ2v) is 9.13. The fourth-order valence-electron chi connectivity index (χ4n) is 2.82. The fraction of sp³-hybridized carbons (Fsp3) is 0.667. The summed E-state index contributed by atoms with van der Waals surface area (Å²) in [4.78, 5) is 0. The summed E-state index contributed by atoms with van der Waals surface area (Å²) in [5.41, 5.74) is 0.833. The molecule has 8 heteroatoms. The van der Waals surface area contributed by atoms with Crippen molar-refractivity contribution in [3.8, 4) is 0 Å². The summed E-state index contributed by atoms with van der Waals surface area (Å²) in [6.45, 7) is 3.02. The first-order chi connectivity index (χ1) is 8.96. The average Bonchev–Trinajstić information content (AvgIpc) is 2.83. The lowest BCUT2D eigenvalue weighted by molar-refractivity contribution is 0.384. The summed E-state index contributed by atoms with van der Waals surface area (Å²) in [5.74, 6) is 0. The number of thiophene rings is 1. The van der Waals surface area contributed by atoms with E-state index in [1.807, 2.05) is 6.92 Å². The first kappa shape index (κ1) is 16.5. The molecule has 2 bridgehead atoms. The molecule has 4 nitrogen and oxygen atoms in total. The molecule has 0 radical (unpaired) electrons. The van der Waals surface area contributed by atoms with E-state index in [1.54, 1.807) is 10.4 Å². The topological polar surface area (TPSA) is 49.4 Å². The van der Waals surface area contributed by atoms with E-state index in [4.69, 9.17) is 11.6 Å². The molecule has 2 fully saturated rings. The van der Waals surface area contributed by atoms with Crippen molar-refractivity contribution in [1.29, 1.82) is 0 Å². The Labute approximate surface area is 135 Å².